The SMILES string of the molecule is CCOP(=O)(OCC)C(Nc1ccc2c(c1)c1ccccc1n2CC)c1cc(Cl)ccc1O. The van der Waals surface area contributed by atoms with E-state index < -0.39 is 13.4 Å². The number of halogens is 1. The van der Waals surface area contributed by atoms with Crippen LogP contribution in [0.1, 0.15) is 32.1 Å². The third kappa shape index (κ3) is 4.49. The van der Waals surface area contributed by atoms with Crippen molar-refractivity contribution in [2.75, 3.05) is 18.5 Å². The molecule has 0 saturated heterocycles. The van der Waals surface area contributed by atoms with Crippen LogP contribution in [0.2, 0.25) is 5.02 Å². The number of nitrogens with one attached hydrogen (secondary N) is 1. The van der Waals surface area contributed by atoms with Gasteiger partial charge in [-0.1, -0.05) is 29.8 Å². The molecule has 4 aromatic rings. The lowest BCUT2D eigenvalue weighted by atomic mass is 10.1. The van der Waals surface area contributed by atoms with Gasteiger partial charge in [0.2, 0.25) is 0 Å². The van der Waals surface area contributed by atoms with Crippen LogP contribution >= 0.6 is 19.2 Å². The minimum atomic E-state index is -3.71. The van der Waals surface area contributed by atoms with Crippen molar-refractivity contribution in [1.29, 1.82) is 0 Å². The average Bonchev–Trinajstić information content (AvgIpc) is 3.12. The summed E-state index contributed by atoms with van der Waals surface area (Å²) >= 11 is 6.22. The molecule has 8 heteroatoms. The molecule has 0 saturated carbocycles. The number of para-hydroxylation sites is 1. The molecule has 0 bridgehead atoms. The van der Waals surface area contributed by atoms with Gasteiger partial charge >= 0.3 is 7.60 Å². The molecule has 0 amide bonds. The molecule has 0 fully saturated rings. The van der Waals surface area contributed by atoms with E-state index in [0.717, 1.165) is 34.0 Å². The van der Waals surface area contributed by atoms with Crippen molar-refractivity contribution < 1.29 is 18.7 Å². The highest BCUT2D eigenvalue weighted by Crippen LogP contribution is 2.62. The molecule has 3 aromatic carbocycles. The number of fused-ring (bicyclic) bond motifs is 3. The quantitative estimate of drug-likeness (QED) is 0.239. The van der Waals surface area contributed by atoms with Crippen LogP contribution in [0.3, 0.4) is 0 Å². The minimum Gasteiger partial charge on any atom is -0.508 e. The molecule has 6 nitrogen and oxygen atoms in total. The predicted octanol–water partition coefficient (Wildman–Crippen LogP) is 7.55. The molecule has 1 atom stereocenters. The number of nitrogens with zero attached hydrogens (tertiary/aromatic N) is 1. The molecule has 1 unspecified atom stereocenters. The van der Waals surface area contributed by atoms with Gasteiger partial charge in [0, 0.05) is 44.6 Å². The molecular formula is C25H28ClN2O4P. The van der Waals surface area contributed by atoms with Crippen LogP contribution in [-0.2, 0) is 20.2 Å². The number of benzene rings is 3. The first-order chi connectivity index (χ1) is 15.9. The monoisotopic (exact) mass is 486 g/mol. The van der Waals surface area contributed by atoms with Crippen LogP contribution < -0.4 is 5.32 Å². The van der Waals surface area contributed by atoms with E-state index in [1.54, 1.807) is 26.0 Å². The highest BCUT2D eigenvalue weighted by atomic mass is 35.5. The van der Waals surface area contributed by atoms with Gasteiger partial charge in [-0.3, -0.25) is 4.57 Å². The summed E-state index contributed by atoms with van der Waals surface area (Å²) in [5, 5.41) is 16.5. The molecule has 0 aliphatic rings. The maximum absolute atomic E-state index is 13.8. The van der Waals surface area contributed by atoms with E-state index in [4.69, 9.17) is 20.6 Å². The second-order valence-corrected chi connectivity index (χ2v) is 10.2. The molecule has 0 spiro atoms. The van der Waals surface area contributed by atoms with Crippen LogP contribution in [0.4, 0.5) is 5.69 Å². The minimum absolute atomic E-state index is 0.0415. The van der Waals surface area contributed by atoms with Gasteiger partial charge in [-0.25, -0.2) is 0 Å². The summed E-state index contributed by atoms with van der Waals surface area (Å²) in [6, 6.07) is 18.9. The van der Waals surface area contributed by atoms with Gasteiger partial charge in [0.1, 0.15) is 5.75 Å². The third-order valence-corrected chi connectivity index (χ3v) is 8.12. The van der Waals surface area contributed by atoms with Crippen LogP contribution in [0.15, 0.2) is 60.7 Å². The maximum atomic E-state index is 13.8. The van der Waals surface area contributed by atoms with Gasteiger partial charge in [-0.05, 0) is 63.2 Å². The van der Waals surface area contributed by atoms with E-state index in [1.165, 1.54) is 6.07 Å². The van der Waals surface area contributed by atoms with Crippen LogP contribution in [-0.4, -0.2) is 22.9 Å². The number of hydrogen-bond acceptors (Lipinski definition) is 5. The Morgan fingerprint density at radius 3 is 2.36 bits per heavy atom. The molecule has 4 rings (SSSR count). The number of rotatable bonds is 9. The highest BCUT2D eigenvalue weighted by molar-refractivity contribution is 7.54. The zero-order valence-electron chi connectivity index (χ0n) is 18.9. The summed E-state index contributed by atoms with van der Waals surface area (Å²) in [5.74, 6) is -0.992. The van der Waals surface area contributed by atoms with Gasteiger partial charge in [0.05, 0.1) is 13.2 Å². The summed E-state index contributed by atoms with van der Waals surface area (Å²) < 4.78 is 27.4. The van der Waals surface area contributed by atoms with Gasteiger partial charge in [0.15, 0.2) is 5.78 Å². The summed E-state index contributed by atoms with van der Waals surface area (Å²) in [7, 11) is -3.71. The van der Waals surface area contributed by atoms with E-state index >= 15 is 0 Å². The van der Waals surface area contributed by atoms with Crippen molar-refractivity contribution >= 4 is 46.7 Å². The first-order valence-corrected chi connectivity index (χ1v) is 13.1. The van der Waals surface area contributed by atoms with Crippen molar-refractivity contribution in [3.63, 3.8) is 0 Å². The third-order valence-electron chi connectivity index (χ3n) is 5.61. The Hall–Kier alpha value is -2.50. The summed E-state index contributed by atoms with van der Waals surface area (Å²) in [6.07, 6.45) is 0. The lowest BCUT2D eigenvalue weighted by Gasteiger charge is -2.28. The van der Waals surface area contributed by atoms with E-state index in [2.05, 4.69) is 28.9 Å². The Kier molecular flexibility index (Phi) is 7.01. The highest BCUT2D eigenvalue weighted by Gasteiger charge is 2.39. The smallest absolute Gasteiger partial charge is 0.357 e. The molecule has 1 aromatic heterocycles. The molecule has 0 aliphatic heterocycles. The number of phenolic OH excluding ortho intramolecular Hbond substituents is 1. The molecular weight excluding hydrogens is 459 g/mol. The number of phenols is 1. The Balaban J connectivity index is 1.86. The number of aromatic hydroxyl groups is 1. The lowest BCUT2D eigenvalue weighted by molar-refractivity contribution is 0.213. The summed E-state index contributed by atoms with van der Waals surface area (Å²) in [5.41, 5.74) is 3.35. The number of aromatic nitrogens is 1. The normalized spacial score (nSPS) is 13.0. The Morgan fingerprint density at radius 2 is 1.67 bits per heavy atom. The molecule has 1 heterocycles. The van der Waals surface area contributed by atoms with E-state index in [1.807, 2.05) is 30.3 Å². The standard InChI is InChI=1S/C25H28ClN2O4P/c1-4-28-22-10-8-7-9-19(22)20-16-18(12-13-23(20)28)27-25(33(30,31-5-2)32-6-3)21-15-17(26)11-14-24(21)29/h7-16,25,27,29H,4-6H2,1-3H3. The molecule has 0 radical (unpaired) electrons. The predicted molar refractivity (Wildman–Crippen MR) is 135 cm³/mol. The van der Waals surface area contributed by atoms with Gasteiger partial charge in [-0.2, -0.15) is 0 Å². The summed E-state index contributed by atoms with van der Waals surface area (Å²) in [4.78, 5) is 0. The fraction of sp³-hybridized carbons (Fsp3) is 0.280. The second-order valence-electron chi connectivity index (χ2n) is 7.62. The van der Waals surface area contributed by atoms with Crippen molar-refractivity contribution in [2.24, 2.45) is 0 Å². The zero-order chi connectivity index (χ0) is 23.6. The van der Waals surface area contributed by atoms with Crippen molar-refractivity contribution in [3.8, 4) is 5.75 Å². The molecule has 2 N–H and O–H groups in total. The van der Waals surface area contributed by atoms with Crippen LogP contribution in [0, 0.1) is 0 Å². The second kappa shape index (κ2) is 9.78. The Bertz CT molecular complexity index is 1330. The van der Waals surface area contributed by atoms with Crippen molar-refractivity contribution in [3.05, 3.63) is 71.2 Å². The van der Waals surface area contributed by atoms with E-state index in [-0.39, 0.29) is 19.0 Å². The fourth-order valence-corrected chi connectivity index (χ4v) is 6.39. The maximum Gasteiger partial charge on any atom is 0.357 e. The average molecular weight is 487 g/mol. The molecule has 0 aliphatic carbocycles. The number of hydrogen-bond donors (Lipinski definition) is 2. The number of aryl methyl sites for hydroxylation is 1. The van der Waals surface area contributed by atoms with Crippen LogP contribution in [0.5, 0.6) is 5.75 Å². The van der Waals surface area contributed by atoms with Crippen molar-refractivity contribution in [1.82, 2.24) is 4.57 Å². The van der Waals surface area contributed by atoms with Crippen molar-refractivity contribution in [2.45, 2.75) is 33.1 Å². The fourth-order valence-electron chi connectivity index (χ4n) is 4.26. The van der Waals surface area contributed by atoms with Gasteiger partial charge in [0.25, 0.3) is 0 Å². The first-order valence-electron chi connectivity index (χ1n) is 11.1. The van der Waals surface area contributed by atoms with E-state index in [9.17, 15) is 9.67 Å². The topological polar surface area (TPSA) is 72.7 Å². The Morgan fingerprint density at radius 1 is 0.970 bits per heavy atom. The number of anilines is 1. The van der Waals surface area contributed by atoms with E-state index in [0.29, 0.717) is 10.6 Å². The lowest BCUT2D eigenvalue weighted by Crippen LogP contribution is -2.15. The molecule has 33 heavy (non-hydrogen) atoms. The van der Waals surface area contributed by atoms with Gasteiger partial charge in [-0.15, -0.1) is 0 Å². The largest absolute Gasteiger partial charge is 0.508 e. The van der Waals surface area contributed by atoms with Crippen LogP contribution in [0.25, 0.3) is 21.8 Å². The zero-order valence-corrected chi connectivity index (χ0v) is 20.6. The summed E-state index contributed by atoms with van der Waals surface area (Å²) in [6.45, 7) is 6.87. The first kappa shape index (κ1) is 23.7. The Labute approximate surface area is 198 Å². The molecule has 174 valence electrons. The van der Waals surface area contributed by atoms with Gasteiger partial charge < -0.3 is 24.0 Å².